The lowest BCUT2D eigenvalue weighted by Crippen LogP contribution is -2.17. The highest BCUT2D eigenvalue weighted by molar-refractivity contribution is 6.07. The average Bonchev–Trinajstić information content (AvgIpc) is 2.88. The molecule has 198 valence electrons. The van der Waals surface area contributed by atoms with E-state index in [4.69, 9.17) is 5.73 Å². The molecule has 0 aliphatic carbocycles. The number of anilines is 4. The normalized spacial score (nSPS) is 10.9. The molecule has 0 saturated heterocycles. The predicted molar refractivity (Wildman–Crippen MR) is 150 cm³/mol. The molecule has 1 heterocycles. The van der Waals surface area contributed by atoms with E-state index < -0.39 is 5.91 Å². The summed E-state index contributed by atoms with van der Waals surface area (Å²) in [5.74, 6) is -0.172. The van der Waals surface area contributed by atoms with Crippen LogP contribution >= 0.6 is 0 Å². The number of hydrogen-bond donors (Lipinski definition) is 4. The molecule has 10 heteroatoms. The maximum absolute atomic E-state index is 13.0. The Hall–Kier alpha value is -4.57. The van der Waals surface area contributed by atoms with Gasteiger partial charge in [0.2, 0.25) is 11.9 Å². The van der Waals surface area contributed by atoms with Crippen molar-refractivity contribution in [2.24, 2.45) is 5.73 Å². The Morgan fingerprint density at radius 2 is 1.68 bits per heavy atom. The van der Waals surface area contributed by atoms with Crippen molar-refractivity contribution in [1.82, 2.24) is 14.9 Å². The molecule has 2 aromatic carbocycles. The standard InChI is InChI=1S/C28H33N7O3/c1-4-15-30-26-24(18-31-28(34-26)33-22-13-9-20(10-14-22)25(29)37)27(38)32-21-11-7-19(8-12-21)17-23(36)6-5-16-35(2)3/h5-14,18H,4,15-17H2,1-3H3,(H2,29,37)(H,32,38)(H2,30,31,33,34)/b6-5+. The highest BCUT2D eigenvalue weighted by atomic mass is 16.2. The molecule has 1 aromatic heterocycles. The van der Waals surface area contributed by atoms with Crippen molar-refractivity contribution in [2.45, 2.75) is 19.8 Å². The second-order valence-electron chi connectivity index (χ2n) is 8.91. The number of nitrogens with zero attached hydrogens (tertiary/aromatic N) is 3. The summed E-state index contributed by atoms with van der Waals surface area (Å²) in [5.41, 5.74) is 8.08. The second-order valence-corrected chi connectivity index (χ2v) is 8.91. The third kappa shape index (κ3) is 8.52. The van der Waals surface area contributed by atoms with E-state index in [9.17, 15) is 14.4 Å². The first-order valence-electron chi connectivity index (χ1n) is 12.3. The fraction of sp³-hybridized carbons (Fsp3) is 0.250. The smallest absolute Gasteiger partial charge is 0.260 e. The zero-order valence-corrected chi connectivity index (χ0v) is 21.8. The van der Waals surface area contributed by atoms with Crippen LogP contribution in [0.1, 0.15) is 39.6 Å². The van der Waals surface area contributed by atoms with Crippen LogP contribution in [0.15, 0.2) is 66.9 Å². The van der Waals surface area contributed by atoms with Crippen LogP contribution in [0.4, 0.5) is 23.1 Å². The van der Waals surface area contributed by atoms with Crippen molar-refractivity contribution in [2.75, 3.05) is 43.1 Å². The van der Waals surface area contributed by atoms with Gasteiger partial charge in [0.1, 0.15) is 11.4 Å². The number of aromatic nitrogens is 2. The summed E-state index contributed by atoms with van der Waals surface area (Å²) in [6.07, 6.45) is 6.01. The number of hydrogen-bond acceptors (Lipinski definition) is 8. The van der Waals surface area contributed by atoms with Crippen LogP contribution in [-0.2, 0) is 11.2 Å². The Bertz CT molecular complexity index is 1290. The van der Waals surface area contributed by atoms with Gasteiger partial charge in [0.25, 0.3) is 5.91 Å². The van der Waals surface area contributed by atoms with E-state index in [2.05, 4.69) is 25.9 Å². The number of primary amides is 1. The summed E-state index contributed by atoms with van der Waals surface area (Å²) >= 11 is 0. The topological polar surface area (TPSA) is 142 Å². The molecule has 0 aliphatic rings. The van der Waals surface area contributed by atoms with Crippen LogP contribution in [0.5, 0.6) is 0 Å². The zero-order valence-electron chi connectivity index (χ0n) is 21.8. The van der Waals surface area contributed by atoms with Crippen LogP contribution < -0.4 is 21.7 Å². The SMILES string of the molecule is CCCNc1nc(Nc2ccc(C(N)=O)cc2)ncc1C(=O)Nc1ccc(CC(=O)/C=C/CN(C)C)cc1. The number of likely N-dealkylation sites (N-methyl/N-ethyl adjacent to an activating group) is 1. The fourth-order valence-electron chi connectivity index (χ4n) is 3.39. The minimum absolute atomic E-state index is 0.0185. The quantitative estimate of drug-likeness (QED) is 0.253. The van der Waals surface area contributed by atoms with Gasteiger partial charge in [-0.3, -0.25) is 14.4 Å². The van der Waals surface area contributed by atoms with Crippen LogP contribution in [0.25, 0.3) is 0 Å². The summed E-state index contributed by atoms with van der Waals surface area (Å²) in [5, 5.41) is 9.10. The van der Waals surface area contributed by atoms with Crippen molar-refractivity contribution < 1.29 is 14.4 Å². The highest BCUT2D eigenvalue weighted by Crippen LogP contribution is 2.20. The molecule has 3 rings (SSSR count). The van der Waals surface area contributed by atoms with E-state index in [1.807, 2.05) is 44.1 Å². The van der Waals surface area contributed by atoms with Crippen molar-refractivity contribution >= 4 is 40.7 Å². The molecule has 38 heavy (non-hydrogen) atoms. The highest BCUT2D eigenvalue weighted by Gasteiger charge is 2.15. The number of amides is 2. The van der Waals surface area contributed by atoms with Crippen molar-refractivity contribution in [3.63, 3.8) is 0 Å². The lowest BCUT2D eigenvalue weighted by Gasteiger charge is -2.13. The van der Waals surface area contributed by atoms with E-state index in [-0.39, 0.29) is 18.1 Å². The molecular weight excluding hydrogens is 482 g/mol. The van der Waals surface area contributed by atoms with E-state index in [1.165, 1.54) is 6.20 Å². The van der Waals surface area contributed by atoms with Gasteiger partial charge in [0, 0.05) is 42.6 Å². The monoisotopic (exact) mass is 515 g/mol. The number of carbonyl (C=O) groups is 3. The van der Waals surface area contributed by atoms with Crippen molar-refractivity contribution in [1.29, 1.82) is 0 Å². The van der Waals surface area contributed by atoms with Gasteiger partial charge in [0.15, 0.2) is 5.78 Å². The van der Waals surface area contributed by atoms with Crippen LogP contribution in [0.3, 0.4) is 0 Å². The van der Waals surface area contributed by atoms with Gasteiger partial charge >= 0.3 is 0 Å². The van der Waals surface area contributed by atoms with E-state index >= 15 is 0 Å². The van der Waals surface area contributed by atoms with Crippen LogP contribution in [0.2, 0.25) is 0 Å². The maximum atomic E-state index is 13.0. The van der Waals surface area contributed by atoms with Gasteiger partial charge in [-0.2, -0.15) is 4.98 Å². The van der Waals surface area contributed by atoms with Gasteiger partial charge in [-0.25, -0.2) is 4.98 Å². The number of allylic oxidation sites excluding steroid dienone is 1. The average molecular weight is 516 g/mol. The van der Waals surface area contributed by atoms with Crippen LogP contribution in [0, 0.1) is 0 Å². The summed E-state index contributed by atoms with van der Waals surface area (Å²) in [6.45, 7) is 3.34. The van der Waals surface area contributed by atoms with Gasteiger partial charge in [-0.1, -0.05) is 25.1 Å². The van der Waals surface area contributed by atoms with E-state index in [1.54, 1.807) is 42.5 Å². The Kier molecular flexibility index (Phi) is 10.1. The lowest BCUT2D eigenvalue weighted by atomic mass is 10.1. The zero-order chi connectivity index (χ0) is 27.5. The molecule has 0 spiro atoms. The molecule has 0 saturated carbocycles. The third-order valence-corrected chi connectivity index (χ3v) is 5.37. The molecule has 0 atom stereocenters. The minimum atomic E-state index is -0.509. The summed E-state index contributed by atoms with van der Waals surface area (Å²) < 4.78 is 0. The van der Waals surface area contributed by atoms with Gasteiger partial charge in [0.05, 0.1) is 0 Å². The number of carbonyl (C=O) groups excluding carboxylic acids is 3. The molecule has 0 unspecified atom stereocenters. The minimum Gasteiger partial charge on any atom is -0.369 e. The second kappa shape index (κ2) is 13.7. The molecule has 5 N–H and O–H groups in total. The Morgan fingerprint density at radius 1 is 1.00 bits per heavy atom. The molecular formula is C28H33N7O3. The summed E-state index contributed by atoms with van der Waals surface area (Å²) in [7, 11) is 3.88. The van der Waals surface area contributed by atoms with Gasteiger partial charge in [-0.15, -0.1) is 0 Å². The number of benzene rings is 2. The largest absolute Gasteiger partial charge is 0.369 e. The van der Waals surface area contributed by atoms with Gasteiger partial charge < -0.3 is 26.6 Å². The Labute approximate surface area is 222 Å². The summed E-state index contributed by atoms with van der Waals surface area (Å²) in [4.78, 5) is 47.2. The molecule has 3 aromatic rings. The number of nitrogens with one attached hydrogen (secondary N) is 3. The molecule has 0 fully saturated rings. The number of ketones is 1. The maximum Gasteiger partial charge on any atom is 0.260 e. The first-order chi connectivity index (χ1) is 18.2. The molecule has 10 nitrogen and oxygen atoms in total. The first kappa shape index (κ1) is 28.0. The molecule has 0 radical (unpaired) electrons. The molecule has 0 bridgehead atoms. The molecule has 2 amide bonds. The Morgan fingerprint density at radius 3 is 2.32 bits per heavy atom. The lowest BCUT2D eigenvalue weighted by molar-refractivity contribution is -0.114. The van der Waals surface area contributed by atoms with Gasteiger partial charge in [-0.05, 0) is 68.6 Å². The van der Waals surface area contributed by atoms with E-state index in [0.717, 1.165) is 12.0 Å². The van der Waals surface area contributed by atoms with E-state index in [0.29, 0.717) is 47.4 Å². The van der Waals surface area contributed by atoms with Crippen molar-refractivity contribution in [3.05, 3.63) is 83.6 Å². The van der Waals surface area contributed by atoms with Crippen molar-refractivity contribution in [3.8, 4) is 0 Å². The van der Waals surface area contributed by atoms with Crippen LogP contribution in [-0.4, -0.2) is 59.7 Å². The third-order valence-electron chi connectivity index (χ3n) is 5.37. The Balaban J connectivity index is 1.68. The molecule has 0 aliphatic heterocycles. The summed E-state index contributed by atoms with van der Waals surface area (Å²) in [6, 6.07) is 13.7. The fourth-order valence-corrected chi connectivity index (χ4v) is 3.39. The number of nitrogens with two attached hydrogens (primary N) is 1. The predicted octanol–water partition coefficient (Wildman–Crippen LogP) is 3.62. The number of rotatable bonds is 13. The first-order valence-corrected chi connectivity index (χ1v) is 12.3.